The Balaban J connectivity index is 1.71. The highest BCUT2D eigenvalue weighted by molar-refractivity contribution is 5.68. The number of anilines is 1. The zero-order valence-electron chi connectivity index (χ0n) is 14.2. The molecule has 5 nitrogen and oxygen atoms in total. The number of halogens is 3. The number of pyridine rings is 1. The molecular formula is C18H17F3N4O. The van der Waals surface area contributed by atoms with Gasteiger partial charge in [0.15, 0.2) is 5.82 Å². The topological polar surface area (TPSA) is 63.8 Å². The third-order valence-electron chi connectivity index (χ3n) is 3.95. The lowest BCUT2D eigenvalue weighted by atomic mass is 9.99. The summed E-state index contributed by atoms with van der Waals surface area (Å²) in [5.41, 5.74) is 0.824. The van der Waals surface area contributed by atoms with Crippen molar-refractivity contribution in [1.82, 2.24) is 15.1 Å². The number of aryl methyl sites for hydroxylation is 1. The predicted octanol–water partition coefficient (Wildman–Crippen LogP) is 4.67. The Morgan fingerprint density at radius 2 is 1.88 bits per heavy atom. The summed E-state index contributed by atoms with van der Waals surface area (Å²) in [4.78, 5) is 8.48. The van der Waals surface area contributed by atoms with E-state index in [-0.39, 0.29) is 5.92 Å². The lowest BCUT2D eigenvalue weighted by molar-refractivity contribution is -0.137. The summed E-state index contributed by atoms with van der Waals surface area (Å²) >= 11 is 0. The van der Waals surface area contributed by atoms with Crippen LogP contribution in [0, 0.1) is 6.92 Å². The average molecular weight is 362 g/mol. The summed E-state index contributed by atoms with van der Waals surface area (Å²) in [6.07, 6.45) is -2.69. The lowest BCUT2D eigenvalue weighted by Crippen LogP contribution is -2.12. The van der Waals surface area contributed by atoms with Crippen LogP contribution in [0.5, 0.6) is 0 Å². The van der Waals surface area contributed by atoms with E-state index in [0.29, 0.717) is 29.6 Å². The molecule has 3 rings (SSSR count). The molecule has 26 heavy (non-hydrogen) atoms. The van der Waals surface area contributed by atoms with Gasteiger partial charge in [0.25, 0.3) is 5.89 Å². The van der Waals surface area contributed by atoms with E-state index in [9.17, 15) is 13.2 Å². The first kappa shape index (κ1) is 17.9. The first-order valence-corrected chi connectivity index (χ1v) is 8.01. The lowest BCUT2D eigenvalue weighted by Gasteiger charge is -2.15. The summed E-state index contributed by atoms with van der Waals surface area (Å²) < 4.78 is 43.2. The van der Waals surface area contributed by atoms with E-state index < -0.39 is 11.7 Å². The minimum Gasteiger partial charge on any atom is -0.369 e. The van der Waals surface area contributed by atoms with E-state index in [4.69, 9.17) is 4.52 Å². The summed E-state index contributed by atoms with van der Waals surface area (Å²) in [5.74, 6) is 1.44. The van der Waals surface area contributed by atoms with Crippen LogP contribution in [0.1, 0.15) is 29.8 Å². The Bertz CT molecular complexity index is 875. The van der Waals surface area contributed by atoms with Crippen LogP contribution in [0.2, 0.25) is 0 Å². The third-order valence-corrected chi connectivity index (χ3v) is 3.95. The number of hydrogen-bond donors (Lipinski definition) is 1. The van der Waals surface area contributed by atoms with Gasteiger partial charge in [-0.05, 0) is 42.7 Å². The van der Waals surface area contributed by atoms with Gasteiger partial charge in [0.2, 0.25) is 0 Å². The SMILES string of the molecule is Cc1noc(-c2cccnc2NCC(C)c2ccc(C(F)(F)F)cc2)n1. The van der Waals surface area contributed by atoms with Gasteiger partial charge in [0.05, 0.1) is 11.1 Å². The maximum Gasteiger partial charge on any atom is 0.416 e. The molecule has 0 saturated carbocycles. The number of nitrogens with zero attached hydrogens (tertiary/aromatic N) is 3. The van der Waals surface area contributed by atoms with Crippen molar-refractivity contribution in [3.8, 4) is 11.5 Å². The van der Waals surface area contributed by atoms with Crippen molar-refractivity contribution < 1.29 is 17.7 Å². The molecule has 2 heterocycles. The highest BCUT2D eigenvalue weighted by Crippen LogP contribution is 2.30. The number of nitrogens with one attached hydrogen (secondary N) is 1. The molecule has 0 aliphatic rings. The van der Waals surface area contributed by atoms with Gasteiger partial charge in [0, 0.05) is 12.7 Å². The molecule has 0 fully saturated rings. The van der Waals surface area contributed by atoms with Crippen LogP contribution in [0.15, 0.2) is 47.1 Å². The fourth-order valence-corrected chi connectivity index (χ4v) is 2.49. The van der Waals surface area contributed by atoms with Gasteiger partial charge in [-0.25, -0.2) is 4.98 Å². The molecule has 0 radical (unpaired) electrons. The van der Waals surface area contributed by atoms with Crippen molar-refractivity contribution in [2.75, 3.05) is 11.9 Å². The van der Waals surface area contributed by atoms with Crippen LogP contribution < -0.4 is 5.32 Å². The molecule has 1 N–H and O–H groups in total. The van der Waals surface area contributed by atoms with E-state index in [0.717, 1.165) is 17.7 Å². The smallest absolute Gasteiger partial charge is 0.369 e. The Morgan fingerprint density at radius 3 is 2.50 bits per heavy atom. The predicted molar refractivity (Wildman–Crippen MR) is 90.6 cm³/mol. The standard InChI is InChI=1S/C18H17F3N4O/c1-11(13-5-7-14(8-6-13)18(19,20)21)10-23-16-15(4-3-9-22-16)17-24-12(2)25-26-17/h3-9,11H,10H2,1-2H3,(H,22,23). The molecule has 1 atom stereocenters. The highest BCUT2D eigenvalue weighted by atomic mass is 19.4. The first-order chi connectivity index (χ1) is 12.3. The summed E-state index contributed by atoms with van der Waals surface area (Å²) in [7, 11) is 0. The van der Waals surface area contributed by atoms with E-state index in [2.05, 4.69) is 20.4 Å². The van der Waals surface area contributed by atoms with Gasteiger partial charge in [-0.15, -0.1) is 0 Å². The van der Waals surface area contributed by atoms with Crippen molar-refractivity contribution in [3.05, 3.63) is 59.5 Å². The van der Waals surface area contributed by atoms with Crippen LogP contribution in [0.25, 0.3) is 11.5 Å². The van der Waals surface area contributed by atoms with Gasteiger partial charge >= 0.3 is 6.18 Å². The number of rotatable bonds is 5. The number of aromatic nitrogens is 3. The summed E-state index contributed by atoms with van der Waals surface area (Å²) in [6, 6.07) is 8.76. The summed E-state index contributed by atoms with van der Waals surface area (Å²) in [6.45, 7) is 4.14. The molecule has 2 aromatic heterocycles. The second kappa shape index (κ2) is 7.15. The fourth-order valence-electron chi connectivity index (χ4n) is 2.49. The Labute approximate surface area is 148 Å². The molecule has 0 spiro atoms. The molecule has 136 valence electrons. The van der Waals surface area contributed by atoms with Crippen LogP contribution >= 0.6 is 0 Å². The maximum atomic E-state index is 12.7. The van der Waals surface area contributed by atoms with Crippen molar-refractivity contribution in [1.29, 1.82) is 0 Å². The van der Waals surface area contributed by atoms with Gasteiger partial charge in [-0.1, -0.05) is 24.2 Å². The highest BCUT2D eigenvalue weighted by Gasteiger charge is 2.30. The Hall–Kier alpha value is -2.90. The van der Waals surface area contributed by atoms with Crippen LogP contribution in [-0.2, 0) is 6.18 Å². The zero-order chi connectivity index (χ0) is 18.7. The molecule has 0 bridgehead atoms. The molecule has 3 aromatic rings. The Kier molecular flexibility index (Phi) is 4.92. The third kappa shape index (κ3) is 4.01. The van der Waals surface area contributed by atoms with Crippen molar-refractivity contribution in [3.63, 3.8) is 0 Å². The Morgan fingerprint density at radius 1 is 1.15 bits per heavy atom. The molecule has 0 amide bonds. The zero-order valence-corrected chi connectivity index (χ0v) is 14.2. The number of alkyl halides is 3. The molecule has 1 unspecified atom stereocenters. The van der Waals surface area contributed by atoms with Crippen molar-refractivity contribution >= 4 is 5.82 Å². The van der Waals surface area contributed by atoms with Crippen LogP contribution in [0.3, 0.4) is 0 Å². The van der Waals surface area contributed by atoms with Gasteiger partial charge in [-0.2, -0.15) is 18.2 Å². The van der Waals surface area contributed by atoms with Gasteiger partial charge < -0.3 is 9.84 Å². The molecule has 8 heteroatoms. The minimum atomic E-state index is -4.33. The average Bonchev–Trinajstić information content (AvgIpc) is 3.05. The minimum absolute atomic E-state index is 0.0171. The molecule has 0 aliphatic heterocycles. The number of hydrogen-bond acceptors (Lipinski definition) is 5. The summed E-state index contributed by atoms with van der Waals surface area (Å²) in [5, 5.41) is 6.97. The fraction of sp³-hybridized carbons (Fsp3) is 0.278. The monoisotopic (exact) mass is 362 g/mol. The van der Waals surface area contributed by atoms with Crippen molar-refractivity contribution in [2.45, 2.75) is 25.9 Å². The largest absolute Gasteiger partial charge is 0.416 e. The normalized spacial score (nSPS) is 12.8. The molecule has 0 aliphatic carbocycles. The molecular weight excluding hydrogens is 345 g/mol. The van der Waals surface area contributed by atoms with E-state index in [1.807, 2.05) is 13.0 Å². The van der Waals surface area contributed by atoms with Crippen molar-refractivity contribution in [2.24, 2.45) is 0 Å². The van der Waals surface area contributed by atoms with Gasteiger partial charge in [-0.3, -0.25) is 0 Å². The first-order valence-electron chi connectivity index (χ1n) is 8.01. The van der Waals surface area contributed by atoms with Crippen LogP contribution in [-0.4, -0.2) is 21.7 Å². The molecule has 0 saturated heterocycles. The van der Waals surface area contributed by atoms with Gasteiger partial charge in [0.1, 0.15) is 5.82 Å². The van der Waals surface area contributed by atoms with E-state index in [1.54, 1.807) is 19.2 Å². The van der Waals surface area contributed by atoms with E-state index in [1.165, 1.54) is 12.1 Å². The van der Waals surface area contributed by atoms with Crippen LogP contribution in [0.4, 0.5) is 19.0 Å². The van der Waals surface area contributed by atoms with E-state index >= 15 is 0 Å². The molecule has 1 aromatic carbocycles. The quantitative estimate of drug-likeness (QED) is 0.714. The second-order valence-electron chi connectivity index (χ2n) is 5.95. The second-order valence-corrected chi connectivity index (χ2v) is 5.95. The number of benzene rings is 1. The maximum absolute atomic E-state index is 12.7.